The molecule has 3 heteroatoms. The molecule has 0 heterocycles. The quantitative estimate of drug-likeness (QED) is 0.804. The predicted molar refractivity (Wildman–Crippen MR) is 70.7 cm³/mol. The van der Waals surface area contributed by atoms with Crippen LogP contribution >= 0.6 is 11.6 Å². The molecule has 1 fully saturated rings. The van der Waals surface area contributed by atoms with Crippen molar-refractivity contribution >= 4 is 17.5 Å². The van der Waals surface area contributed by atoms with Crippen LogP contribution < -0.4 is 5.32 Å². The van der Waals surface area contributed by atoms with E-state index < -0.39 is 0 Å². The normalized spacial score (nSPS) is 23.7. The summed E-state index contributed by atoms with van der Waals surface area (Å²) in [5.41, 5.74) is 2.88. The summed E-state index contributed by atoms with van der Waals surface area (Å²) in [5, 5.41) is 3.13. The van der Waals surface area contributed by atoms with Crippen LogP contribution in [-0.2, 0) is 0 Å². The Labute approximate surface area is 107 Å². The molecule has 2 nitrogen and oxygen atoms in total. The lowest BCUT2D eigenvalue weighted by Gasteiger charge is -2.17. The zero-order valence-corrected chi connectivity index (χ0v) is 11.1. The van der Waals surface area contributed by atoms with Gasteiger partial charge in [-0.25, -0.2) is 0 Å². The number of amides is 1. The van der Waals surface area contributed by atoms with Gasteiger partial charge in [-0.1, -0.05) is 17.7 Å². The molecule has 1 aromatic rings. The van der Waals surface area contributed by atoms with Crippen LogP contribution in [0.3, 0.4) is 0 Å². The number of carbonyl (C=O) groups is 1. The average molecular weight is 252 g/mol. The molecule has 2 atom stereocenters. The molecule has 0 aliphatic heterocycles. The first-order valence-corrected chi connectivity index (χ1v) is 6.54. The lowest BCUT2D eigenvalue weighted by atomic mass is 10.0. The van der Waals surface area contributed by atoms with Crippen LogP contribution in [0.1, 0.15) is 40.7 Å². The third-order valence-corrected chi connectivity index (χ3v) is 3.91. The number of aryl methyl sites for hydroxylation is 2. The molecule has 1 aliphatic rings. The van der Waals surface area contributed by atoms with E-state index in [9.17, 15) is 4.79 Å². The fourth-order valence-corrected chi connectivity index (χ4v) is 2.65. The molecule has 0 aromatic heterocycles. The monoisotopic (exact) mass is 251 g/mol. The molecular weight excluding hydrogens is 234 g/mol. The first kappa shape index (κ1) is 12.4. The molecule has 17 heavy (non-hydrogen) atoms. The van der Waals surface area contributed by atoms with Gasteiger partial charge in [0.05, 0.1) is 5.38 Å². The largest absolute Gasteiger partial charge is 0.348 e. The summed E-state index contributed by atoms with van der Waals surface area (Å²) in [5.74, 6) is 0.00347. The lowest BCUT2D eigenvalue weighted by molar-refractivity contribution is 0.0937. The number of nitrogens with one attached hydrogen (secondary N) is 1. The predicted octanol–water partition coefficient (Wildman–Crippen LogP) is 3.19. The highest BCUT2D eigenvalue weighted by Crippen LogP contribution is 2.24. The van der Waals surface area contributed by atoms with Gasteiger partial charge in [-0.15, -0.1) is 11.6 Å². The van der Waals surface area contributed by atoms with Crippen LogP contribution in [-0.4, -0.2) is 17.3 Å². The molecule has 1 N–H and O–H groups in total. The van der Waals surface area contributed by atoms with E-state index in [4.69, 9.17) is 11.6 Å². The average Bonchev–Trinajstić information content (AvgIpc) is 2.68. The summed E-state index contributed by atoms with van der Waals surface area (Å²) >= 11 is 6.17. The number of carbonyl (C=O) groups excluding carboxylic acids is 1. The molecule has 92 valence electrons. The summed E-state index contributed by atoms with van der Waals surface area (Å²) in [6, 6.07) is 6.07. The van der Waals surface area contributed by atoms with Crippen molar-refractivity contribution in [1.82, 2.24) is 5.32 Å². The van der Waals surface area contributed by atoms with Gasteiger partial charge in [-0.3, -0.25) is 4.79 Å². The Bertz CT molecular complexity index is 430. The van der Waals surface area contributed by atoms with Gasteiger partial charge >= 0.3 is 0 Å². The first-order valence-electron chi connectivity index (χ1n) is 6.10. The minimum atomic E-state index is 0.00347. The first-order chi connectivity index (χ1) is 8.08. The highest BCUT2D eigenvalue weighted by molar-refractivity contribution is 6.21. The van der Waals surface area contributed by atoms with Crippen molar-refractivity contribution in [2.75, 3.05) is 0 Å². The second-order valence-electron chi connectivity index (χ2n) is 4.85. The maximum Gasteiger partial charge on any atom is 0.251 e. The Hall–Kier alpha value is -1.02. The Morgan fingerprint density at radius 3 is 2.76 bits per heavy atom. The van der Waals surface area contributed by atoms with Crippen molar-refractivity contribution in [2.45, 2.75) is 44.5 Å². The minimum Gasteiger partial charge on any atom is -0.348 e. The van der Waals surface area contributed by atoms with E-state index in [1.165, 1.54) is 0 Å². The van der Waals surface area contributed by atoms with E-state index in [1.54, 1.807) is 0 Å². The molecule has 2 unspecified atom stereocenters. The van der Waals surface area contributed by atoms with Crippen molar-refractivity contribution < 1.29 is 4.79 Å². The van der Waals surface area contributed by atoms with E-state index in [-0.39, 0.29) is 17.3 Å². The topological polar surface area (TPSA) is 29.1 Å². The van der Waals surface area contributed by atoms with Gasteiger partial charge in [-0.2, -0.15) is 0 Å². The van der Waals surface area contributed by atoms with Crippen LogP contribution in [0.25, 0.3) is 0 Å². The van der Waals surface area contributed by atoms with E-state index in [0.717, 1.165) is 36.0 Å². The molecule has 2 rings (SSSR count). The summed E-state index contributed by atoms with van der Waals surface area (Å²) in [7, 11) is 0. The van der Waals surface area contributed by atoms with Crippen LogP contribution in [0, 0.1) is 13.8 Å². The fraction of sp³-hybridized carbons (Fsp3) is 0.500. The van der Waals surface area contributed by atoms with Crippen molar-refractivity contribution in [1.29, 1.82) is 0 Å². The Morgan fingerprint density at radius 2 is 2.12 bits per heavy atom. The Balaban J connectivity index is 2.11. The van der Waals surface area contributed by atoms with Crippen LogP contribution in [0.15, 0.2) is 18.2 Å². The highest BCUT2D eigenvalue weighted by atomic mass is 35.5. The second kappa shape index (κ2) is 5.09. The van der Waals surface area contributed by atoms with Gasteiger partial charge in [0.2, 0.25) is 0 Å². The fourth-order valence-electron chi connectivity index (χ4n) is 2.30. The van der Waals surface area contributed by atoms with Gasteiger partial charge in [-0.05, 0) is 44.7 Å². The zero-order chi connectivity index (χ0) is 12.4. The van der Waals surface area contributed by atoms with Crippen LogP contribution in [0.4, 0.5) is 0 Å². The number of hydrogen-bond acceptors (Lipinski definition) is 1. The van der Waals surface area contributed by atoms with Crippen molar-refractivity contribution in [3.05, 3.63) is 34.9 Å². The third kappa shape index (κ3) is 2.81. The maximum atomic E-state index is 12.1. The summed E-state index contributed by atoms with van der Waals surface area (Å²) < 4.78 is 0. The third-order valence-electron chi connectivity index (χ3n) is 3.39. The molecule has 1 saturated carbocycles. The molecule has 1 aliphatic carbocycles. The van der Waals surface area contributed by atoms with Gasteiger partial charge in [0.25, 0.3) is 5.91 Å². The van der Waals surface area contributed by atoms with E-state index >= 15 is 0 Å². The number of alkyl halides is 1. The van der Waals surface area contributed by atoms with E-state index in [2.05, 4.69) is 5.32 Å². The van der Waals surface area contributed by atoms with Crippen LogP contribution in [0.5, 0.6) is 0 Å². The molecule has 1 amide bonds. The van der Waals surface area contributed by atoms with Crippen LogP contribution in [0.2, 0.25) is 0 Å². The van der Waals surface area contributed by atoms with Crippen molar-refractivity contribution in [3.63, 3.8) is 0 Å². The molecule has 0 radical (unpaired) electrons. The Kier molecular flexibility index (Phi) is 3.72. The lowest BCUT2D eigenvalue weighted by Crippen LogP contribution is -2.38. The van der Waals surface area contributed by atoms with Gasteiger partial charge in [0.15, 0.2) is 0 Å². The number of rotatable bonds is 2. The molecule has 0 spiro atoms. The molecular formula is C14H18ClNO. The smallest absolute Gasteiger partial charge is 0.251 e. The number of halogens is 1. The number of hydrogen-bond donors (Lipinski definition) is 1. The van der Waals surface area contributed by atoms with Crippen molar-refractivity contribution in [3.8, 4) is 0 Å². The zero-order valence-electron chi connectivity index (χ0n) is 10.3. The van der Waals surface area contributed by atoms with E-state index in [1.807, 2.05) is 32.0 Å². The minimum absolute atomic E-state index is 0.00347. The van der Waals surface area contributed by atoms with E-state index in [0.29, 0.717) is 0 Å². The van der Waals surface area contributed by atoms with Gasteiger partial charge < -0.3 is 5.32 Å². The second-order valence-corrected chi connectivity index (χ2v) is 5.41. The molecule has 1 aromatic carbocycles. The summed E-state index contributed by atoms with van der Waals surface area (Å²) in [6.45, 7) is 3.96. The summed E-state index contributed by atoms with van der Waals surface area (Å²) in [6.07, 6.45) is 3.09. The summed E-state index contributed by atoms with van der Waals surface area (Å²) in [4.78, 5) is 12.1. The number of benzene rings is 1. The SMILES string of the molecule is Cc1ccc(C)c(C(=O)NC2CCCC2Cl)c1. The highest BCUT2D eigenvalue weighted by Gasteiger charge is 2.27. The molecule has 0 bridgehead atoms. The molecule has 0 saturated heterocycles. The van der Waals surface area contributed by atoms with Gasteiger partial charge in [0, 0.05) is 11.6 Å². The van der Waals surface area contributed by atoms with Crippen molar-refractivity contribution in [2.24, 2.45) is 0 Å². The standard InChI is InChI=1S/C14H18ClNO/c1-9-6-7-10(2)11(8-9)14(17)16-13-5-3-4-12(13)15/h6-8,12-13H,3-5H2,1-2H3,(H,16,17). The maximum absolute atomic E-state index is 12.1. The Morgan fingerprint density at radius 1 is 1.35 bits per heavy atom. The van der Waals surface area contributed by atoms with Gasteiger partial charge in [0.1, 0.15) is 0 Å².